The lowest BCUT2D eigenvalue weighted by Crippen LogP contribution is -2.39. The summed E-state index contributed by atoms with van der Waals surface area (Å²) < 4.78 is 5.31. The highest BCUT2D eigenvalue weighted by molar-refractivity contribution is 7.08. The molecule has 0 radical (unpaired) electrons. The molecule has 1 aliphatic rings. The Morgan fingerprint density at radius 1 is 1.33 bits per heavy atom. The number of methoxy groups -OCH3 is 1. The minimum Gasteiger partial charge on any atom is -0.495 e. The minimum atomic E-state index is -0.205. The van der Waals surface area contributed by atoms with E-state index in [4.69, 9.17) is 16.3 Å². The van der Waals surface area contributed by atoms with Gasteiger partial charge in [0.1, 0.15) is 5.75 Å². The van der Waals surface area contributed by atoms with Crippen LogP contribution in [0.2, 0.25) is 5.02 Å². The second kappa shape index (κ2) is 7.66. The number of carbonyl (C=O) groups excluding carboxylic acids is 1. The molecule has 9 heteroatoms. The second-order valence-corrected chi connectivity index (χ2v) is 7.46. The minimum absolute atomic E-state index is 0.0584. The number of thiophene rings is 1. The summed E-state index contributed by atoms with van der Waals surface area (Å²) in [4.78, 5) is 16.4. The Morgan fingerprint density at radius 3 is 3.04 bits per heavy atom. The summed E-state index contributed by atoms with van der Waals surface area (Å²) in [5.74, 6) is 1.08. The maximum Gasteiger partial charge on any atom is 0.259 e. The maximum absolute atomic E-state index is 13.1. The number of carbonyl (C=O) groups is 1. The van der Waals surface area contributed by atoms with Gasteiger partial charge in [-0.2, -0.15) is 0 Å². The molecule has 27 heavy (non-hydrogen) atoms. The topological polar surface area (TPSA) is 73.1 Å². The van der Waals surface area contributed by atoms with Crippen molar-refractivity contribution in [3.63, 3.8) is 0 Å². The van der Waals surface area contributed by atoms with E-state index in [9.17, 15) is 4.79 Å². The first-order chi connectivity index (χ1) is 13.2. The van der Waals surface area contributed by atoms with Gasteiger partial charge in [-0.1, -0.05) is 17.7 Å². The number of tetrazole rings is 1. The molecule has 0 N–H and O–H groups in total. The van der Waals surface area contributed by atoms with Crippen molar-refractivity contribution in [3.8, 4) is 11.4 Å². The Hall–Kier alpha value is -2.45. The molecule has 140 valence electrons. The van der Waals surface area contributed by atoms with E-state index in [-0.39, 0.29) is 11.9 Å². The van der Waals surface area contributed by atoms with E-state index in [2.05, 4.69) is 15.4 Å². The molecule has 0 bridgehead atoms. The predicted molar refractivity (Wildman–Crippen MR) is 103 cm³/mol. The van der Waals surface area contributed by atoms with E-state index in [0.717, 1.165) is 24.9 Å². The molecule has 0 aliphatic carbocycles. The number of hydrogen-bond acceptors (Lipinski definition) is 6. The molecule has 1 aromatic carbocycles. The molecule has 1 amide bonds. The largest absolute Gasteiger partial charge is 0.495 e. The van der Waals surface area contributed by atoms with Crippen LogP contribution in [0, 0.1) is 0 Å². The van der Waals surface area contributed by atoms with Crippen LogP contribution in [0.1, 0.15) is 41.5 Å². The number of piperidine rings is 1. The van der Waals surface area contributed by atoms with Crippen LogP contribution in [-0.4, -0.2) is 44.7 Å². The third-order valence-corrected chi connectivity index (χ3v) is 5.56. The molecule has 1 saturated heterocycles. The zero-order valence-corrected chi connectivity index (χ0v) is 16.3. The fourth-order valence-electron chi connectivity index (χ4n) is 3.27. The lowest BCUT2D eigenvalue weighted by molar-refractivity contribution is 0.0597. The standard InChI is InChI=1S/C18H18ClN5O2S/c1-26-16-11-27-10-14(16)18(25)23-8-3-2-7-15(23)17-20-22-24(21-17)13-6-4-5-12(19)9-13/h4-6,9-11,15H,2-3,7-8H2,1H3. The van der Waals surface area contributed by atoms with Crippen LogP contribution in [0.5, 0.6) is 5.75 Å². The first kappa shape index (κ1) is 17.9. The summed E-state index contributed by atoms with van der Waals surface area (Å²) in [7, 11) is 1.57. The second-order valence-electron chi connectivity index (χ2n) is 6.28. The van der Waals surface area contributed by atoms with E-state index < -0.39 is 0 Å². The molecule has 7 nitrogen and oxygen atoms in total. The van der Waals surface area contributed by atoms with Gasteiger partial charge in [0.2, 0.25) is 0 Å². The molecular weight excluding hydrogens is 386 g/mol. The Labute approximate surface area is 165 Å². The molecule has 1 atom stereocenters. The Balaban J connectivity index is 1.62. The fourth-order valence-corrected chi connectivity index (χ4v) is 4.22. The van der Waals surface area contributed by atoms with Crippen LogP contribution in [0.25, 0.3) is 5.69 Å². The van der Waals surface area contributed by atoms with Crippen LogP contribution >= 0.6 is 22.9 Å². The van der Waals surface area contributed by atoms with Gasteiger partial charge in [-0.05, 0) is 42.7 Å². The van der Waals surface area contributed by atoms with Gasteiger partial charge in [-0.25, -0.2) is 0 Å². The van der Waals surface area contributed by atoms with Gasteiger partial charge in [0.25, 0.3) is 5.91 Å². The van der Waals surface area contributed by atoms with Gasteiger partial charge in [-0.3, -0.25) is 4.79 Å². The van der Waals surface area contributed by atoms with Gasteiger partial charge < -0.3 is 9.64 Å². The highest BCUT2D eigenvalue weighted by atomic mass is 35.5. The average Bonchev–Trinajstić information content (AvgIpc) is 3.37. The van der Waals surface area contributed by atoms with E-state index >= 15 is 0 Å². The van der Waals surface area contributed by atoms with Crippen molar-refractivity contribution in [2.45, 2.75) is 25.3 Å². The summed E-state index contributed by atoms with van der Waals surface area (Å²) in [6.07, 6.45) is 2.78. The molecule has 1 aliphatic heterocycles. The predicted octanol–water partition coefficient (Wildman–Crippen LogP) is 3.75. The first-order valence-corrected chi connectivity index (χ1v) is 9.96. The number of amides is 1. The molecule has 1 fully saturated rings. The summed E-state index contributed by atoms with van der Waals surface area (Å²) in [5, 5.41) is 17.1. The summed E-state index contributed by atoms with van der Waals surface area (Å²) >= 11 is 7.50. The van der Waals surface area contributed by atoms with Crippen LogP contribution in [-0.2, 0) is 0 Å². The van der Waals surface area contributed by atoms with Crippen molar-refractivity contribution in [2.75, 3.05) is 13.7 Å². The maximum atomic E-state index is 13.1. The van der Waals surface area contributed by atoms with Gasteiger partial charge in [0.05, 0.1) is 24.4 Å². The lowest BCUT2D eigenvalue weighted by atomic mass is 10.0. The molecule has 3 heterocycles. The molecule has 0 spiro atoms. The number of hydrogen-bond donors (Lipinski definition) is 0. The zero-order chi connectivity index (χ0) is 18.8. The van der Waals surface area contributed by atoms with Crippen molar-refractivity contribution < 1.29 is 9.53 Å². The van der Waals surface area contributed by atoms with Crippen molar-refractivity contribution in [1.82, 2.24) is 25.1 Å². The fraction of sp³-hybridized carbons (Fsp3) is 0.333. The number of aromatic nitrogens is 4. The van der Waals surface area contributed by atoms with Crippen LogP contribution in [0.4, 0.5) is 0 Å². The van der Waals surface area contributed by atoms with E-state index in [1.54, 1.807) is 19.2 Å². The normalized spacial score (nSPS) is 17.1. The molecule has 0 saturated carbocycles. The monoisotopic (exact) mass is 403 g/mol. The number of benzene rings is 1. The van der Waals surface area contributed by atoms with Gasteiger partial charge in [-0.15, -0.1) is 26.3 Å². The first-order valence-electron chi connectivity index (χ1n) is 8.64. The van der Waals surface area contributed by atoms with Crippen LogP contribution in [0.3, 0.4) is 0 Å². The smallest absolute Gasteiger partial charge is 0.259 e. The Kier molecular flexibility index (Phi) is 5.09. The van der Waals surface area contributed by atoms with E-state index in [0.29, 0.717) is 28.7 Å². The summed E-state index contributed by atoms with van der Waals surface area (Å²) in [6.45, 7) is 0.661. The molecular formula is C18H18ClN5O2S. The van der Waals surface area contributed by atoms with E-state index in [1.807, 2.05) is 27.8 Å². The SMILES string of the molecule is COc1cscc1C(=O)N1CCCCC1c1nnn(-c2cccc(Cl)c2)n1. The molecule has 2 aromatic heterocycles. The highest BCUT2D eigenvalue weighted by Gasteiger charge is 2.33. The molecule has 1 unspecified atom stereocenters. The zero-order valence-electron chi connectivity index (χ0n) is 14.7. The van der Waals surface area contributed by atoms with Gasteiger partial charge in [0, 0.05) is 22.3 Å². The van der Waals surface area contributed by atoms with Crippen LogP contribution in [0.15, 0.2) is 35.0 Å². The van der Waals surface area contributed by atoms with E-state index in [1.165, 1.54) is 16.1 Å². The third-order valence-electron chi connectivity index (χ3n) is 4.61. The van der Waals surface area contributed by atoms with Gasteiger partial charge >= 0.3 is 0 Å². The quantitative estimate of drug-likeness (QED) is 0.663. The Morgan fingerprint density at radius 2 is 2.22 bits per heavy atom. The van der Waals surface area contributed by atoms with Gasteiger partial charge in [0.15, 0.2) is 5.82 Å². The number of halogens is 1. The molecule has 4 rings (SSSR count). The number of ether oxygens (including phenoxy) is 1. The average molecular weight is 404 g/mol. The lowest BCUT2D eigenvalue weighted by Gasteiger charge is -2.33. The summed E-state index contributed by atoms with van der Waals surface area (Å²) in [5.41, 5.74) is 1.31. The van der Waals surface area contributed by atoms with Crippen molar-refractivity contribution in [2.24, 2.45) is 0 Å². The number of likely N-dealkylation sites (tertiary alicyclic amines) is 1. The number of nitrogens with zero attached hydrogens (tertiary/aromatic N) is 5. The van der Waals surface area contributed by atoms with Crippen molar-refractivity contribution >= 4 is 28.8 Å². The third kappa shape index (κ3) is 3.54. The Bertz CT molecular complexity index is 957. The van der Waals surface area contributed by atoms with Crippen LogP contribution < -0.4 is 4.74 Å². The molecule has 3 aromatic rings. The summed E-state index contributed by atoms with van der Waals surface area (Å²) in [6, 6.07) is 7.05. The van der Waals surface area contributed by atoms with Crippen molar-refractivity contribution in [3.05, 3.63) is 51.4 Å². The van der Waals surface area contributed by atoms with Crippen molar-refractivity contribution in [1.29, 1.82) is 0 Å². The highest BCUT2D eigenvalue weighted by Crippen LogP contribution is 2.33. The number of rotatable bonds is 4.